The van der Waals surface area contributed by atoms with Gasteiger partial charge in [0.05, 0.1) is 5.69 Å². The zero-order valence-electron chi connectivity index (χ0n) is 12.3. The molecule has 0 aliphatic rings. The van der Waals surface area contributed by atoms with Crippen molar-refractivity contribution in [1.29, 1.82) is 0 Å². The van der Waals surface area contributed by atoms with Crippen molar-refractivity contribution in [3.8, 4) is 0 Å². The molecule has 0 spiro atoms. The number of nitrogens with zero attached hydrogens (tertiary/aromatic N) is 2. The summed E-state index contributed by atoms with van der Waals surface area (Å²) in [5, 5.41) is 0. The van der Waals surface area contributed by atoms with Gasteiger partial charge in [0.1, 0.15) is 0 Å². The van der Waals surface area contributed by atoms with Crippen molar-refractivity contribution in [2.75, 3.05) is 11.4 Å². The van der Waals surface area contributed by atoms with Gasteiger partial charge in [0.15, 0.2) is 0 Å². The van der Waals surface area contributed by atoms with E-state index in [4.69, 9.17) is 5.73 Å². The lowest BCUT2D eigenvalue weighted by Gasteiger charge is -2.23. The average Bonchev–Trinajstić information content (AvgIpc) is 2.56. The number of benzene rings is 1. The predicted octanol–water partition coefficient (Wildman–Crippen LogP) is 2.99. The molecule has 2 aromatic rings. The Morgan fingerprint density at radius 3 is 2.67 bits per heavy atom. The van der Waals surface area contributed by atoms with Gasteiger partial charge >= 0.3 is 0 Å². The third-order valence-electron chi connectivity index (χ3n) is 3.32. The molecule has 21 heavy (non-hydrogen) atoms. The molecule has 110 valence electrons. The van der Waals surface area contributed by atoms with Crippen molar-refractivity contribution in [2.24, 2.45) is 5.73 Å². The minimum Gasteiger partial charge on any atom is -0.325 e. The maximum atomic E-state index is 12.8. The fourth-order valence-electron chi connectivity index (χ4n) is 2.15. The van der Waals surface area contributed by atoms with Gasteiger partial charge in [-0.05, 0) is 30.7 Å². The highest BCUT2D eigenvalue weighted by Gasteiger charge is 2.17. The second kappa shape index (κ2) is 7.55. The van der Waals surface area contributed by atoms with Crippen LogP contribution in [0.4, 0.5) is 5.69 Å². The van der Waals surface area contributed by atoms with Gasteiger partial charge in [0, 0.05) is 30.5 Å². The summed E-state index contributed by atoms with van der Waals surface area (Å²) < 4.78 is 0. The van der Waals surface area contributed by atoms with Crippen LogP contribution in [0.25, 0.3) is 0 Å². The van der Waals surface area contributed by atoms with Crippen LogP contribution in [0.2, 0.25) is 0 Å². The fraction of sp³-hybridized carbons (Fsp3) is 0.294. The van der Waals surface area contributed by atoms with Crippen LogP contribution in [0, 0.1) is 0 Å². The number of para-hydroxylation sites is 1. The molecular formula is C17H21N3O. The highest BCUT2D eigenvalue weighted by atomic mass is 16.2. The molecule has 2 rings (SSSR count). The van der Waals surface area contributed by atoms with E-state index in [2.05, 4.69) is 11.9 Å². The molecule has 0 unspecified atom stereocenters. The average molecular weight is 283 g/mol. The first-order chi connectivity index (χ1) is 10.3. The quantitative estimate of drug-likeness (QED) is 0.886. The van der Waals surface area contributed by atoms with Crippen LogP contribution >= 0.6 is 0 Å². The van der Waals surface area contributed by atoms with E-state index in [1.807, 2.05) is 35.2 Å². The number of carbonyl (C=O) groups excluding carboxylic acids is 1. The van der Waals surface area contributed by atoms with Crippen LogP contribution in [-0.4, -0.2) is 17.4 Å². The molecule has 1 heterocycles. The number of rotatable bonds is 6. The lowest BCUT2D eigenvalue weighted by Crippen LogP contribution is -2.32. The molecule has 1 aromatic carbocycles. The van der Waals surface area contributed by atoms with E-state index in [-0.39, 0.29) is 5.91 Å². The molecule has 0 aliphatic carbocycles. The molecule has 0 saturated heterocycles. The van der Waals surface area contributed by atoms with Gasteiger partial charge in [0.2, 0.25) is 0 Å². The van der Waals surface area contributed by atoms with Gasteiger partial charge in [-0.15, -0.1) is 0 Å². The van der Waals surface area contributed by atoms with Gasteiger partial charge < -0.3 is 10.6 Å². The van der Waals surface area contributed by atoms with Crippen molar-refractivity contribution >= 4 is 11.6 Å². The normalized spacial score (nSPS) is 10.4. The SMILES string of the molecule is CCCCN(C(=O)c1ccnc(CN)c1)c1ccccc1. The summed E-state index contributed by atoms with van der Waals surface area (Å²) in [6, 6.07) is 13.3. The Balaban J connectivity index is 2.29. The lowest BCUT2D eigenvalue weighted by molar-refractivity contribution is 0.0986. The van der Waals surface area contributed by atoms with Crippen molar-refractivity contribution in [1.82, 2.24) is 4.98 Å². The molecule has 0 radical (unpaired) electrons. The van der Waals surface area contributed by atoms with Crippen LogP contribution < -0.4 is 10.6 Å². The van der Waals surface area contributed by atoms with E-state index >= 15 is 0 Å². The Labute approximate surface area is 125 Å². The van der Waals surface area contributed by atoms with Crippen molar-refractivity contribution in [3.05, 3.63) is 59.9 Å². The van der Waals surface area contributed by atoms with Crippen molar-refractivity contribution in [3.63, 3.8) is 0 Å². The van der Waals surface area contributed by atoms with Gasteiger partial charge in [-0.25, -0.2) is 0 Å². The van der Waals surface area contributed by atoms with E-state index in [0.29, 0.717) is 18.7 Å². The number of nitrogens with two attached hydrogens (primary N) is 1. The highest BCUT2D eigenvalue weighted by molar-refractivity contribution is 6.06. The number of hydrogen-bond acceptors (Lipinski definition) is 3. The Morgan fingerprint density at radius 1 is 1.24 bits per heavy atom. The first-order valence-corrected chi connectivity index (χ1v) is 7.28. The molecule has 1 aromatic heterocycles. The first kappa shape index (κ1) is 15.2. The minimum atomic E-state index is -0.00764. The second-order valence-corrected chi connectivity index (χ2v) is 4.89. The van der Waals surface area contributed by atoms with E-state index in [0.717, 1.165) is 24.2 Å². The van der Waals surface area contributed by atoms with Crippen molar-refractivity contribution < 1.29 is 4.79 Å². The largest absolute Gasteiger partial charge is 0.325 e. The number of amides is 1. The fourth-order valence-corrected chi connectivity index (χ4v) is 2.15. The Hall–Kier alpha value is -2.20. The third kappa shape index (κ3) is 3.89. The molecule has 0 bridgehead atoms. The van der Waals surface area contributed by atoms with Crippen LogP contribution in [0.1, 0.15) is 35.8 Å². The topological polar surface area (TPSA) is 59.2 Å². The number of aromatic nitrogens is 1. The smallest absolute Gasteiger partial charge is 0.258 e. The summed E-state index contributed by atoms with van der Waals surface area (Å²) in [6.45, 7) is 3.16. The second-order valence-electron chi connectivity index (χ2n) is 4.89. The molecule has 2 N–H and O–H groups in total. The third-order valence-corrected chi connectivity index (χ3v) is 3.32. The molecular weight excluding hydrogens is 262 g/mol. The molecule has 4 nitrogen and oxygen atoms in total. The zero-order chi connectivity index (χ0) is 15.1. The first-order valence-electron chi connectivity index (χ1n) is 7.28. The van der Waals surface area contributed by atoms with Gasteiger partial charge in [0.25, 0.3) is 5.91 Å². The van der Waals surface area contributed by atoms with E-state index in [1.54, 1.807) is 18.3 Å². The molecule has 0 fully saturated rings. The summed E-state index contributed by atoms with van der Waals surface area (Å²) >= 11 is 0. The monoisotopic (exact) mass is 283 g/mol. The van der Waals surface area contributed by atoms with E-state index < -0.39 is 0 Å². The summed E-state index contributed by atoms with van der Waals surface area (Å²) in [4.78, 5) is 18.7. The van der Waals surface area contributed by atoms with Crippen LogP contribution in [-0.2, 0) is 6.54 Å². The maximum absolute atomic E-state index is 12.8. The highest BCUT2D eigenvalue weighted by Crippen LogP contribution is 2.18. The number of pyridine rings is 1. The number of carbonyl (C=O) groups is 1. The van der Waals surface area contributed by atoms with Crippen LogP contribution in [0.3, 0.4) is 0 Å². The Bertz CT molecular complexity index is 584. The molecule has 4 heteroatoms. The van der Waals surface area contributed by atoms with E-state index in [1.165, 1.54) is 0 Å². The van der Waals surface area contributed by atoms with Gasteiger partial charge in [-0.2, -0.15) is 0 Å². The van der Waals surface area contributed by atoms with Gasteiger partial charge in [-0.1, -0.05) is 31.5 Å². The predicted molar refractivity (Wildman–Crippen MR) is 85.2 cm³/mol. The van der Waals surface area contributed by atoms with Crippen LogP contribution in [0.15, 0.2) is 48.7 Å². The summed E-state index contributed by atoms with van der Waals surface area (Å²) in [5.74, 6) is -0.00764. The molecule has 0 aliphatic heterocycles. The summed E-state index contributed by atoms with van der Waals surface area (Å²) in [7, 11) is 0. The van der Waals surface area contributed by atoms with Crippen LogP contribution in [0.5, 0.6) is 0 Å². The summed E-state index contributed by atoms with van der Waals surface area (Å²) in [6.07, 6.45) is 3.65. The number of hydrogen-bond donors (Lipinski definition) is 1. The zero-order valence-corrected chi connectivity index (χ0v) is 12.3. The minimum absolute atomic E-state index is 0.00764. The van der Waals surface area contributed by atoms with Gasteiger partial charge in [-0.3, -0.25) is 9.78 Å². The Morgan fingerprint density at radius 2 is 2.00 bits per heavy atom. The van der Waals surface area contributed by atoms with Crippen molar-refractivity contribution in [2.45, 2.75) is 26.3 Å². The number of anilines is 1. The van der Waals surface area contributed by atoms with E-state index in [9.17, 15) is 4.79 Å². The maximum Gasteiger partial charge on any atom is 0.258 e. The number of unbranched alkanes of at least 4 members (excludes halogenated alkanes) is 1. The standard InChI is InChI=1S/C17H21N3O/c1-2-3-11-20(16-7-5-4-6-8-16)17(21)14-9-10-19-15(12-14)13-18/h4-10,12H,2-3,11,13,18H2,1H3. The summed E-state index contributed by atoms with van der Waals surface area (Å²) in [5.41, 5.74) is 7.87. The molecule has 0 saturated carbocycles. The Kier molecular flexibility index (Phi) is 5.46. The molecule has 1 amide bonds. The molecule has 0 atom stereocenters. The lowest BCUT2D eigenvalue weighted by atomic mass is 10.1.